The Morgan fingerprint density at radius 2 is 2.00 bits per heavy atom. The van der Waals surface area contributed by atoms with Gasteiger partial charge in [-0.3, -0.25) is 0 Å². The molecule has 3 nitrogen and oxygen atoms in total. The van der Waals surface area contributed by atoms with Crippen molar-refractivity contribution in [1.29, 1.82) is 0 Å². The van der Waals surface area contributed by atoms with Gasteiger partial charge in [-0.2, -0.15) is 0 Å². The maximum atomic E-state index is 4.52. The molecule has 0 bridgehead atoms. The van der Waals surface area contributed by atoms with Crippen LogP contribution in [0, 0.1) is 0 Å². The van der Waals surface area contributed by atoms with Crippen molar-refractivity contribution in [3.05, 3.63) is 54.1 Å². The van der Waals surface area contributed by atoms with Crippen molar-refractivity contribution in [2.24, 2.45) is 7.05 Å². The van der Waals surface area contributed by atoms with Crippen molar-refractivity contribution in [3.8, 4) is 0 Å². The zero-order chi connectivity index (χ0) is 13.7. The van der Waals surface area contributed by atoms with Gasteiger partial charge in [0, 0.05) is 25.4 Å². The van der Waals surface area contributed by atoms with Crippen molar-refractivity contribution in [2.75, 3.05) is 6.54 Å². The molecule has 2 atom stereocenters. The summed E-state index contributed by atoms with van der Waals surface area (Å²) in [5, 5.41) is 3.63. The van der Waals surface area contributed by atoms with Crippen LogP contribution in [0.4, 0.5) is 0 Å². The van der Waals surface area contributed by atoms with Crippen LogP contribution in [0.3, 0.4) is 0 Å². The van der Waals surface area contributed by atoms with E-state index in [1.165, 1.54) is 5.56 Å². The lowest BCUT2D eigenvalue weighted by Crippen LogP contribution is -2.29. The predicted molar refractivity (Wildman–Crippen MR) is 79.1 cm³/mol. The van der Waals surface area contributed by atoms with Crippen LogP contribution < -0.4 is 5.32 Å². The van der Waals surface area contributed by atoms with Gasteiger partial charge in [-0.25, -0.2) is 4.98 Å². The minimum Gasteiger partial charge on any atom is -0.337 e. The Bertz CT molecular complexity index is 490. The summed E-state index contributed by atoms with van der Waals surface area (Å²) >= 11 is 0. The first-order chi connectivity index (χ1) is 9.24. The van der Waals surface area contributed by atoms with E-state index in [0.29, 0.717) is 5.92 Å². The molecular formula is C16H23N3. The topological polar surface area (TPSA) is 29.9 Å². The van der Waals surface area contributed by atoms with Gasteiger partial charge < -0.3 is 9.88 Å². The second-order valence-corrected chi connectivity index (χ2v) is 5.03. The summed E-state index contributed by atoms with van der Waals surface area (Å²) in [5.74, 6) is 1.50. The minimum absolute atomic E-state index is 0.252. The average molecular weight is 257 g/mol. The fraction of sp³-hybridized carbons (Fsp3) is 0.438. The SMILES string of the molecule is CCCNC(c1nccn1C)C(C)c1ccccc1. The second-order valence-electron chi connectivity index (χ2n) is 5.03. The first kappa shape index (κ1) is 13.8. The normalized spacial score (nSPS) is 14.3. The molecule has 2 aromatic rings. The van der Waals surface area contributed by atoms with Crippen molar-refractivity contribution in [2.45, 2.75) is 32.2 Å². The summed E-state index contributed by atoms with van der Waals surface area (Å²) < 4.78 is 2.10. The Balaban J connectivity index is 2.25. The zero-order valence-electron chi connectivity index (χ0n) is 12.0. The smallest absolute Gasteiger partial charge is 0.126 e. The fourth-order valence-corrected chi connectivity index (χ4v) is 2.42. The average Bonchev–Trinajstić information content (AvgIpc) is 2.86. The molecule has 0 fully saturated rings. The largest absolute Gasteiger partial charge is 0.337 e. The highest BCUT2D eigenvalue weighted by atomic mass is 15.1. The Morgan fingerprint density at radius 3 is 2.58 bits per heavy atom. The van der Waals surface area contributed by atoms with Crippen LogP contribution in [0.2, 0.25) is 0 Å². The molecule has 2 rings (SSSR count). The first-order valence-corrected chi connectivity index (χ1v) is 6.99. The number of aromatic nitrogens is 2. The van der Waals surface area contributed by atoms with Gasteiger partial charge in [0.1, 0.15) is 5.82 Å². The highest BCUT2D eigenvalue weighted by Gasteiger charge is 2.23. The second kappa shape index (κ2) is 6.53. The molecule has 1 aromatic carbocycles. The molecular weight excluding hydrogens is 234 g/mol. The molecule has 0 saturated carbocycles. The van der Waals surface area contributed by atoms with E-state index in [9.17, 15) is 0 Å². The van der Waals surface area contributed by atoms with Gasteiger partial charge in [0.25, 0.3) is 0 Å². The quantitative estimate of drug-likeness (QED) is 0.860. The molecule has 19 heavy (non-hydrogen) atoms. The van der Waals surface area contributed by atoms with Crippen LogP contribution in [0.5, 0.6) is 0 Å². The molecule has 0 aliphatic heterocycles. The molecule has 1 aromatic heterocycles. The summed E-state index contributed by atoms with van der Waals surface area (Å²) in [4.78, 5) is 4.52. The molecule has 1 heterocycles. The highest BCUT2D eigenvalue weighted by Crippen LogP contribution is 2.29. The molecule has 1 N–H and O–H groups in total. The fourth-order valence-electron chi connectivity index (χ4n) is 2.42. The number of nitrogens with zero attached hydrogens (tertiary/aromatic N) is 2. The third-order valence-electron chi connectivity index (χ3n) is 3.58. The molecule has 0 aliphatic rings. The van der Waals surface area contributed by atoms with Gasteiger partial charge in [-0.1, -0.05) is 44.2 Å². The molecule has 2 unspecified atom stereocenters. The third-order valence-corrected chi connectivity index (χ3v) is 3.58. The first-order valence-electron chi connectivity index (χ1n) is 6.99. The lowest BCUT2D eigenvalue weighted by molar-refractivity contribution is 0.435. The molecule has 0 spiro atoms. The van der Waals surface area contributed by atoms with Crippen molar-refractivity contribution in [3.63, 3.8) is 0 Å². The maximum absolute atomic E-state index is 4.52. The van der Waals surface area contributed by atoms with Gasteiger partial charge >= 0.3 is 0 Å². The molecule has 0 aliphatic carbocycles. The van der Waals surface area contributed by atoms with Gasteiger partial charge in [-0.15, -0.1) is 0 Å². The van der Waals surface area contributed by atoms with E-state index in [4.69, 9.17) is 0 Å². The molecule has 0 radical (unpaired) electrons. The highest BCUT2D eigenvalue weighted by molar-refractivity contribution is 5.22. The Labute approximate surface area is 115 Å². The van der Waals surface area contributed by atoms with Gasteiger partial charge in [0.15, 0.2) is 0 Å². The summed E-state index contributed by atoms with van der Waals surface area (Å²) in [6.07, 6.45) is 5.00. The third kappa shape index (κ3) is 3.24. The monoisotopic (exact) mass is 257 g/mol. The van der Waals surface area contributed by atoms with Gasteiger partial charge in [-0.05, 0) is 18.5 Å². The molecule has 3 heteroatoms. The standard InChI is InChI=1S/C16H23N3/c1-4-10-17-15(16-18-11-12-19(16)3)13(2)14-8-6-5-7-9-14/h5-9,11-13,15,17H,4,10H2,1-3H3. The van der Waals surface area contributed by atoms with Gasteiger partial charge in [0.05, 0.1) is 6.04 Å². The number of benzene rings is 1. The number of nitrogens with one attached hydrogen (secondary N) is 1. The molecule has 0 amide bonds. The number of hydrogen-bond donors (Lipinski definition) is 1. The molecule has 102 valence electrons. The van der Waals surface area contributed by atoms with E-state index in [0.717, 1.165) is 18.8 Å². The van der Waals surface area contributed by atoms with Crippen LogP contribution in [0.1, 0.15) is 43.6 Å². The number of rotatable bonds is 6. The number of imidazole rings is 1. The van der Waals surface area contributed by atoms with E-state index in [-0.39, 0.29) is 6.04 Å². The number of hydrogen-bond acceptors (Lipinski definition) is 2. The predicted octanol–water partition coefficient (Wildman–Crippen LogP) is 3.26. The number of aryl methyl sites for hydroxylation is 1. The van der Waals surface area contributed by atoms with Crippen LogP contribution in [0.15, 0.2) is 42.7 Å². The van der Waals surface area contributed by atoms with Crippen molar-refractivity contribution < 1.29 is 0 Å². The van der Waals surface area contributed by atoms with Crippen LogP contribution in [-0.4, -0.2) is 16.1 Å². The van der Waals surface area contributed by atoms with E-state index < -0.39 is 0 Å². The Morgan fingerprint density at radius 1 is 1.26 bits per heavy atom. The minimum atomic E-state index is 0.252. The Hall–Kier alpha value is -1.61. The van der Waals surface area contributed by atoms with Crippen molar-refractivity contribution in [1.82, 2.24) is 14.9 Å². The van der Waals surface area contributed by atoms with Crippen LogP contribution in [0.25, 0.3) is 0 Å². The summed E-state index contributed by atoms with van der Waals surface area (Å²) in [7, 11) is 2.06. The van der Waals surface area contributed by atoms with Crippen LogP contribution in [-0.2, 0) is 7.05 Å². The maximum Gasteiger partial charge on any atom is 0.126 e. The summed E-state index contributed by atoms with van der Waals surface area (Å²) in [6.45, 7) is 5.46. The lowest BCUT2D eigenvalue weighted by Gasteiger charge is -2.25. The van der Waals surface area contributed by atoms with E-state index >= 15 is 0 Å². The lowest BCUT2D eigenvalue weighted by atomic mass is 9.92. The molecule has 0 saturated heterocycles. The summed E-state index contributed by atoms with van der Waals surface area (Å²) in [5.41, 5.74) is 1.35. The van der Waals surface area contributed by atoms with E-state index in [1.54, 1.807) is 0 Å². The summed E-state index contributed by atoms with van der Waals surface area (Å²) in [6, 6.07) is 10.9. The van der Waals surface area contributed by atoms with E-state index in [1.807, 2.05) is 12.4 Å². The van der Waals surface area contributed by atoms with Gasteiger partial charge in [0.2, 0.25) is 0 Å². The van der Waals surface area contributed by atoms with E-state index in [2.05, 4.69) is 66.1 Å². The zero-order valence-corrected chi connectivity index (χ0v) is 12.0. The van der Waals surface area contributed by atoms with Crippen LogP contribution >= 0.6 is 0 Å². The Kier molecular flexibility index (Phi) is 4.74. The van der Waals surface area contributed by atoms with Crippen molar-refractivity contribution >= 4 is 0 Å².